The summed E-state index contributed by atoms with van der Waals surface area (Å²) in [5.41, 5.74) is 5.37. The Morgan fingerprint density at radius 2 is 2.05 bits per heavy atom. The van der Waals surface area contributed by atoms with Crippen LogP contribution in [0.25, 0.3) is 0 Å². The van der Waals surface area contributed by atoms with Gasteiger partial charge in [-0.15, -0.1) is 0 Å². The van der Waals surface area contributed by atoms with Crippen molar-refractivity contribution in [1.29, 1.82) is 0 Å². The summed E-state index contributed by atoms with van der Waals surface area (Å²) in [5, 5.41) is 11.0. The van der Waals surface area contributed by atoms with Crippen molar-refractivity contribution in [2.75, 3.05) is 0 Å². The molecule has 19 heavy (non-hydrogen) atoms. The zero-order valence-electron chi connectivity index (χ0n) is 11.5. The van der Waals surface area contributed by atoms with E-state index in [1.54, 1.807) is 19.9 Å². The first kappa shape index (κ1) is 18.3. The number of rotatable bonds is 7. The fourth-order valence-corrected chi connectivity index (χ4v) is 2.20. The maximum Gasteiger partial charge on any atom is 0.404 e. The molecule has 0 rings (SSSR count). The summed E-state index contributed by atoms with van der Waals surface area (Å²) in [5.74, 6) is 0. The number of allylic oxidation sites excluding steroid dienone is 2. The maximum atomic E-state index is 10.9. The Kier molecular flexibility index (Phi) is 8.89. The lowest BCUT2D eigenvalue weighted by Gasteiger charge is -2.25. The van der Waals surface area contributed by atoms with Crippen LogP contribution in [-0.2, 0) is 4.74 Å². The molecule has 0 saturated heterocycles. The summed E-state index contributed by atoms with van der Waals surface area (Å²) in [4.78, 5) is 10.9. The predicted molar refractivity (Wildman–Crippen MR) is 78.2 cm³/mol. The Morgan fingerprint density at radius 1 is 1.47 bits per heavy atom. The van der Waals surface area contributed by atoms with Crippen LogP contribution in [-0.4, -0.2) is 23.4 Å². The van der Waals surface area contributed by atoms with E-state index in [1.165, 1.54) is 0 Å². The molecule has 0 aliphatic carbocycles. The van der Waals surface area contributed by atoms with Gasteiger partial charge in [-0.05, 0) is 26.7 Å². The van der Waals surface area contributed by atoms with E-state index < -0.39 is 18.3 Å². The predicted octanol–water partition coefficient (Wildman–Crippen LogP) is 3.66. The third kappa shape index (κ3) is 6.32. The van der Waals surface area contributed by atoms with E-state index >= 15 is 0 Å². The molecular weight excluding hydrogens is 289 g/mol. The Bertz CT molecular complexity index is 363. The number of amides is 1. The van der Waals surface area contributed by atoms with E-state index in [9.17, 15) is 9.90 Å². The molecule has 1 amide bonds. The lowest BCUT2D eigenvalue weighted by atomic mass is 9.99. The van der Waals surface area contributed by atoms with Crippen molar-refractivity contribution in [3.05, 3.63) is 21.7 Å². The molecule has 2 unspecified atom stereocenters. The van der Waals surface area contributed by atoms with Crippen molar-refractivity contribution in [2.45, 2.75) is 52.2 Å². The number of halogens is 2. The molecule has 0 aromatic heterocycles. The summed E-state index contributed by atoms with van der Waals surface area (Å²) in [6.07, 6.45) is 1.02. The van der Waals surface area contributed by atoms with Crippen LogP contribution in [0.3, 0.4) is 0 Å². The molecule has 2 atom stereocenters. The smallest absolute Gasteiger partial charge is 0.404 e. The number of hydrogen-bond donors (Lipinski definition) is 2. The highest BCUT2D eigenvalue weighted by atomic mass is 35.5. The zero-order chi connectivity index (χ0) is 15.0. The normalized spacial score (nSPS) is 16.6. The topological polar surface area (TPSA) is 72.6 Å². The monoisotopic (exact) mass is 309 g/mol. The van der Waals surface area contributed by atoms with E-state index in [-0.39, 0.29) is 0 Å². The molecule has 0 bridgehead atoms. The van der Waals surface area contributed by atoms with Crippen LogP contribution in [0.4, 0.5) is 4.79 Å². The summed E-state index contributed by atoms with van der Waals surface area (Å²) in [6.45, 7) is 5.34. The van der Waals surface area contributed by atoms with Gasteiger partial charge in [0.25, 0.3) is 0 Å². The molecule has 0 aromatic carbocycles. The molecule has 0 aromatic rings. The second kappa shape index (κ2) is 9.23. The minimum absolute atomic E-state index is 0.328. The van der Waals surface area contributed by atoms with Crippen molar-refractivity contribution in [3.8, 4) is 0 Å². The number of ether oxygens (including phenoxy) is 1. The minimum atomic E-state index is -1.10. The third-order valence-electron chi connectivity index (χ3n) is 2.64. The Labute approximate surface area is 124 Å². The highest BCUT2D eigenvalue weighted by Crippen LogP contribution is 2.28. The first-order valence-corrected chi connectivity index (χ1v) is 6.93. The highest BCUT2D eigenvalue weighted by Gasteiger charge is 2.28. The van der Waals surface area contributed by atoms with E-state index in [1.807, 2.05) is 6.92 Å². The molecule has 0 spiro atoms. The molecule has 0 radical (unpaired) electrons. The van der Waals surface area contributed by atoms with Crippen LogP contribution in [0.15, 0.2) is 21.7 Å². The first-order chi connectivity index (χ1) is 8.84. The van der Waals surface area contributed by atoms with Gasteiger partial charge in [0, 0.05) is 15.6 Å². The van der Waals surface area contributed by atoms with E-state index in [2.05, 4.69) is 0 Å². The fraction of sp³-hybridized carbons (Fsp3) is 0.615. The Morgan fingerprint density at radius 3 is 2.42 bits per heavy atom. The molecule has 0 saturated carbocycles. The van der Waals surface area contributed by atoms with Gasteiger partial charge in [0.05, 0.1) is 0 Å². The molecule has 0 heterocycles. The highest BCUT2D eigenvalue weighted by molar-refractivity contribution is 6.35. The van der Waals surface area contributed by atoms with Gasteiger partial charge in [-0.2, -0.15) is 0 Å². The molecule has 6 heteroatoms. The van der Waals surface area contributed by atoms with Crippen LogP contribution >= 0.6 is 23.2 Å². The molecule has 3 N–H and O–H groups in total. The van der Waals surface area contributed by atoms with Crippen molar-refractivity contribution < 1.29 is 14.6 Å². The average Bonchev–Trinajstić information content (AvgIpc) is 2.33. The molecule has 0 aliphatic rings. The van der Waals surface area contributed by atoms with Crippen LogP contribution in [0, 0.1) is 0 Å². The van der Waals surface area contributed by atoms with Gasteiger partial charge in [-0.1, -0.05) is 42.6 Å². The third-order valence-corrected chi connectivity index (χ3v) is 3.26. The number of unbranched alkanes of at least 4 members (excludes halogenated alkanes) is 1. The van der Waals surface area contributed by atoms with Crippen LogP contribution in [0.5, 0.6) is 0 Å². The van der Waals surface area contributed by atoms with Gasteiger partial charge in [0.1, 0.15) is 12.2 Å². The zero-order valence-corrected chi connectivity index (χ0v) is 13.0. The summed E-state index contributed by atoms with van der Waals surface area (Å²) < 4.78 is 4.95. The number of nitrogens with two attached hydrogens (primary N) is 1. The van der Waals surface area contributed by atoms with Crippen molar-refractivity contribution in [2.24, 2.45) is 5.73 Å². The van der Waals surface area contributed by atoms with E-state index in [4.69, 9.17) is 33.7 Å². The van der Waals surface area contributed by atoms with Gasteiger partial charge >= 0.3 is 6.09 Å². The number of primary amides is 1. The number of aliphatic hydroxyl groups excluding tert-OH is 1. The second-order valence-electron chi connectivity index (χ2n) is 4.15. The van der Waals surface area contributed by atoms with Crippen molar-refractivity contribution in [3.63, 3.8) is 0 Å². The summed E-state index contributed by atoms with van der Waals surface area (Å²) in [7, 11) is 0. The first-order valence-electron chi connectivity index (χ1n) is 6.17. The van der Waals surface area contributed by atoms with E-state index in [0.717, 1.165) is 12.8 Å². The maximum absolute atomic E-state index is 10.9. The standard InChI is InChI=1S/C13H21Cl2NO3/c1-4-6-7-10(19-13(16)18)12(17)11(8(3)14)9(15)5-2/h5,10,12,17H,4,6-7H2,1-3H3,(H2,16,18). The van der Waals surface area contributed by atoms with Gasteiger partial charge in [0.2, 0.25) is 0 Å². The number of aliphatic hydroxyl groups is 1. The second-order valence-corrected chi connectivity index (χ2v) is 5.12. The minimum Gasteiger partial charge on any atom is -0.443 e. The average molecular weight is 310 g/mol. The van der Waals surface area contributed by atoms with Crippen LogP contribution in [0.2, 0.25) is 0 Å². The van der Waals surface area contributed by atoms with Crippen molar-refractivity contribution >= 4 is 29.3 Å². The van der Waals surface area contributed by atoms with Crippen LogP contribution < -0.4 is 5.73 Å². The largest absolute Gasteiger partial charge is 0.443 e. The van der Waals surface area contributed by atoms with Gasteiger partial charge < -0.3 is 15.6 Å². The molecule has 4 nitrogen and oxygen atoms in total. The quantitative estimate of drug-likeness (QED) is 0.705. The van der Waals surface area contributed by atoms with E-state index in [0.29, 0.717) is 22.1 Å². The van der Waals surface area contributed by atoms with Crippen LogP contribution in [0.1, 0.15) is 40.0 Å². The van der Waals surface area contributed by atoms with Gasteiger partial charge in [-0.3, -0.25) is 0 Å². The molecule has 0 fully saturated rings. The number of carbonyl (C=O) groups excluding carboxylic acids is 1. The van der Waals surface area contributed by atoms with Gasteiger partial charge in [0.15, 0.2) is 0 Å². The summed E-state index contributed by atoms with van der Waals surface area (Å²) >= 11 is 12.0. The molecular formula is C13H21Cl2NO3. The Hall–Kier alpha value is -0.710. The van der Waals surface area contributed by atoms with Gasteiger partial charge in [-0.25, -0.2) is 4.79 Å². The SMILES string of the molecule is CC=C(Cl)C(=C(C)Cl)C(O)C(CCCC)OC(N)=O. The lowest BCUT2D eigenvalue weighted by molar-refractivity contribution is 0.0198. The fourth-order valence-electron chi connectivity index (χ4n) is 1.69. The number of carbonyl (C=O) groups is 1. The Balaban J connectivity index is 5.18. The molecule has 0 aliphatic heterocycles. The van der Waals surface area contributed by atoms with Crippen molar-refractivity contribution in [1.82, 2.24) is 0 Å². The molecule has 110 valence electrons. The lowest BCUT2D eigenvalue weighted by Crippen LogP contribution is -2.35. The summed E-state index contributed by atoms with van der Waals surface area (Å²) in [6, 6.07) is 0. The number of hydrogen-bond acceptors (Lipinski definition) is 3.